The lowest BCUT2D eigenvalue weighted by Crippen LogP contribution is -2.47. The van der Waals surface area contributed by atoms with Gasteiger partial charge in [-0.25, -0.2) is 9.78 Å². The second kappa shape index (κ2) is 7.45. The number of fused-ring (bicyclic) bond motifs is 1. The molecule has 2 aliphatic rings. The fourth-order valence-electron chi connectivity index (χ4n) is 3.48. The van der Waals surface area contributed by atoms with Gasteiger partial charge in [-0.2, -0.15) is 0 Å². The van der Waals surface area contributed by atoms with E-state index in [0.29, 0.717) is 43.9 Å². The molecule has 28 heavy (non-hydrogen) atoms. The monoisotopic (exact) mass is 384 g/mol. The minimum atomic E-state index is -1.30. The number of rotatable bonds is 5. The van der Waals surface area contributed by atoms with Gasteiger partial charge in [0.05, 0.1) is 6.61 Å². The molecule has 3 N–H and O–H groups in total. The average Bonchev–Trinajstić information content (AvgIpc) is 3.25. The van der Waals surface area contributed by atoms with Crippen LogP contribution in [0.3, 0.4) is 0 Å². The first-order valence-corrected chi connectivity index (χ1v) is 9.00. The topological polar surface area (TPSA) is 119 Å². The molecule has 0 radical (unpaired) electrons. The maximum atomic E-state index is 12.7. The van der Waals surface area contributed by atoms with Crippen LogP contribution in [-0.4, -0.2) is 81.1 Å². The Bertz CT molecular complexity index is 985. The number of ketones is 1. The maximum Gasteiger partial charge on any atom is 0.345 e. The number of aliphatic hydroxyl groups is 1. The van der Waals surface area contributed by atoms with Crippen LogP contribution < -0.4 is 0 Å². The molecule has 0 bridgehead atoms. The van der Waals surface area contributed by atoms with Crippen molar-refractivity contribution in [1.82, 2.24) is 19.8 Å². The molecule has 9 heteroatoms. The molecule has 1 saturated heterocycles. The van der Waals surface area contributed by atoms with Crippen molar-refractivity contribution in [3.63, 3.8) is 0 Å². The van der Waals surface area contributed by atoms with Gasteiger partial charge in [-0.1, -0.05) is 0 Å². The third-order valence-corrected chi connectivity index (χ3v) is 4.93. The highest BCUT2D eigenvalue weighted by Gasteiger charge is 2.39. The largest absolute Gasteiger partial charge is 0.477 e. The number of carboxylic acid groups (broad SMARTS) is 1. The van der Waals surface area contributed by atoms with Crippen molar-refractivity contribution in [3.8, 4) is 0 Å². The van der Waals surface area contributed by atoms with Gasteiger partial charge in [0.15, 0.2) is 11.3 Å². The van der Waals surface area contributed by atoms with Gasteiger partial charge >= 0.3 is 5.97 Å². The molecule has 0 amide bonds. The number of β-amino-alcohol motifs (C(OH)–C–C–N with tert-alkyl or cyclic N) is 1. The quantitative estimate of drug-likeness (QED) is 0.501. The van der Waals surface area contributed by atoms with Crippen LogP contribution in [0.15, 0.2) is 41.7 Å². The van der Waals surface area contributed by atoms with Crippen molar-refractivity contribution in [2.75, 3.05) is 39.3 Å². The van der Waals surface area contributed by atoms with E-state index in [0.717, 1.165) is 5.39 Å². The number of aliphatic carboxylic acids is 1. The van der Waals surface area contributed by atoms with E-state index in [9.17, 15) is 14.7 Å². The number of hydrogen-bond donors (Lipinski definition) is 3. The number of nitrogens with one attached hydrogen (secondary N) is 1. The Hall–Kier alpha value is -3.17. The number of carbonyl (C=O) groups excluding carboxylic acids is 1. The summed E-state index contributed by atoms with van der Waals surface area (Å²) in [6.45, 7) is 2.99. The Morgan fingerprint density at radius 2 is 2.11 bits per heavy atom. The van der Waals surface area contributed by atoms with Crippen LogP contribution in [0.2, 0.25) is 0 Å². The summed E-state index contributed by atoms with van der Waals surface area (Å²) >= 11 is 0. The van der Waals surface area contributed by atoms with Gasteiger partial charge in [0.25, 0.3) is 0 Å². The van der Waals surface area contributed by atoms with E-state index in [1.165, 1.54) is 0 Å². The van der Waals surface area contributed by atoms with Crippen LogP contribution in [0.4, 0.5) is 0 Å². The van der Waals surface area contributed by atoms with Crippen LogP contribution in [0, 0.1) is 0 Å². The lowest BCUT2D eigenvalue weighted by molar-refractivity contribution is -0.134. The summed E-state index contributed by atoms with van der Waals surface area (Å²) in [5, 5.41) is 19.4. The minimum Gasteiger partial charge on any atom is -0.477 e. The van der Waals surface area contributed by atoms with E-state index in [4.69, 9.17) is 9.84 Å². The van der Waals surface area contributed by atoms with Gasteiger partial charge in [-0.15, -0.1) is 0 Å². The Labute approximate surface area is 160 Å². The minimum absolute atomic E-state index is 0.0186. The van der Waals surface area contributed by atoms with Gasteiger partial charge in [-0.05, 0) is 18.2 Å². The van der Waals surface area contributed by atoms with E-state index in [-0.39, 0.29) is 23.8 Å². The highest BCUT2D eigenvalue weighted by atomic mass is 16.5. The number of nitrogens with zero attached hydrogens (tertiary/aromatic N) is 3. The Balaban J connectivity index is 1.61. The number of Topliss-reactive ketones (excluding diaryl/α,β-unsaturated/α-hetero) is 1. The third kappa shape index (κ3) is 3.25. The molecule has 9 nitrogen and oxygen atoms in total. The van der Waals surface area contributed by atoms with Crippen LogP contribution in [0.1, 0.15) is 5.56 Å². The first-order chi connectivity index (χ1) is 13.6. The normalized spacial score (nSPS) is 19.7. The average molecular weight is 384 g/mol. The number of hydrogen-bond acceptors (Lipinski definition) is 7. The number of allylic oxidation sites excluding steroid dienone is 1. The predicted octanol–water partition coefficient (Wildman–Crippen LogP) is 0.409. The van der Waals surface area contributed by atoms with E-state index in [2.05, 4.69) is 14.9 Å². The first kappa shape index (κ1) is 18.2. The smallest absolute Gasteiger partial charge is 0.345 e. The summed E-state index contributed by atoms with van der Waals surface area (Å²) in [6.07, 6.45) is 4.90. The van der Waals surface area contributed by atoms with Crippen LogP contribution in [0.5, 0.6) is 0 Å². The number of pyridine rings is 1. The summed E-state index contributed by atoms with van der Waals surface area (Å²) in [4.78, 5) is 35.5. The third-order valence-electron chi connectivity index (χ3n) is 4.93. The van der Waals surface area contributed by atoms with Gasteiger partial charge in [-0.3, -0.25) is 9.69 Å². The van der Waals surface area contributed by atoms with Crippen molar-refractivity contribution in [2.24, 2.45) is 0 Å². The van der Waals surface area contributed by atoms with Crippen molar-refractivity contribution >= 4 is 28.9 Å². The van der Waals surface area contributed by atoms with E-state index in [1.54, 1.807) is 29.4 Å². The summed E-state index contributed by atoms with van der Waals surface area (Å²) in [6, 6.07) is 3.64. The standard InChI is InChI=1S/C19H20N4O5/c24-9-8-22-4-6-23(7-5-22)18-15(19(26)27)16(25)14(28-18)10-12-11-21-17-13(12)2-1-3-20-17/h1-3,10-11,24H,4-9H2,(H,20,21)(H,26,27)/b14-10-. The zero-order valence-electron chi connectivity index (χ0n) is 15.1. The highest BCUT2D eigenvalue weighted by molar-refractivity contribution is 6.26. The molecular weight excluding hydrogens is 364 g/mol. The lowest BCUT2D eigenvalue weighted by atomic mass is 10.1. The molecule has 0 aliphatic carbocycles. The summed E-state index contributed by atoms with van der Waals surface area (Å²) in [7, 11) is 0. The van der Waals surface area contributed by atoms with Crippen LogP contribution in [0.25, 0.3) is 17.1 Å². The second-order valence-electron chi connectivity index (χ2n) is 6.62. The molecule has 0 unspecified atom stereocenters. The van der Waals surface area contributed by atoms with E-state index >= 15 is 0 Å². The molecular formula is C19H20N4O5. The van der Waals surface area contributed by atoms with Crippen molar-refractivity contribution in [2.45, 2.75) is 0 Å². The first-order valence-electron chi connectivity index (χ1n) is 9.00. The van der Waals surface area contributed by atoms with Crippen molar-refractivity contribution in [3.05, 3.63) is 47.3 Å². The fourth-order valence-corrected chi connectivity index (χ4v) is 3.48. The highest BCUT2D eigenvalue weighted by Crippen LogP contribution is 2.31. The number of H-pyrrole nitrogens is 1. The number of aromatic amines is 1. The van der Waals surface area contributed by atoms with E-state index in [1.807, 2.05) is 6.07 Å². The lowest BCUT2D eigenvalue weighted by Gasteiger charge is -2.35. The van der Waals surface area contributed by atoms with Crippen LogP contribution >= 0.6 is 0 Å². The Kier molecular flexibility index (Phi) is 4.84. The Morgan fingerprint density at radius 1 is 1.32 bits per heavy atom. The SMILES string of the molecule is O=C(O)C1=C(N2CCN(CCO)CC2)O/C(=C\c2c[nH]c3ncccc23)C1=O. The van der Waals surface area contributed by atoms with Gasteiger partial charge in [0.1, 0.15) is 5.65 Å². The van der Waals surface area contributed by atoms with E-state index < -0.39 is 11.8 Å². The van der Waals surface area contributed by atoms with Crippen molar-refractivity contribution < 1.29 is 24.5 Å². The number of ether oxygens (including phenoxy) is 1. The molecule has 1 fully saturated rings. The summed E-state index contributed by atoms with van der Waals surface area (Å²) in [5.41, 5.74) is 1.02. The molecule has 2 aliphatic heterocycles. The molecule has 0 atom stereocenters. The zero-order chi connectivity index (χ0) is 19.7. The number of carboxylic acids is 1. The molecule has 0 saturated carbocycles. The molecule has 2 aromatic heterocycles. The maximum absolute atomic E-state index is 12.7. The summed E-state index contributed by atoms with van der Waals surface area (Å²) in [5.74, 6) is -1.87. The molecule has 0 spiro atoms. The summed E-state index contributed by atoms with van der Waals surface area (Å²) < 4.78 is 5.74. The number of aliphatic hydroxyl groups excluding tert-OH is 1. The van der Waals surface area contributed by atoms with Gasteiger partial charge in [0, 0.05) is 56.1 Å². The molecule has 4 rings (SSSR count). The zero-order valence-corrected chi connectivity index (χ0v) is 15.1. The molecule has 2 aromatic rings. The fraction of sp³-hybridized carbons (Fsp3) is 0.316. The Morgan fingerprint density at radius 3 is 2.82 bits per heavy atom. The van der Waals surface area contributed by atoms with Gasteiger partial charge < -0.3 is 24.8 Å². The molecule has 4 heterocycles. The molecule has 0 aromatic carbocycles. The van der Waals surface area contributed by atoms with Gasteiger partial charge in [0.2, 0.25) is 11.7 Å². The molecule has 146 valence electrons. The number of aromatic nitrogens is 2. The number of piperazine rings is 1. The van der Waals surface area contributed by atoms with Crippen LogP contribution in [-0.2, 0) is 14.3 Å². The second-order valence-corrected chi connectivity index (χ2v) is 6.62. The van der Waals surface area contributed by atoms with Crippen molar-refractivity contribution in [1.29, 1.82) is 0 Å². The number of carbonyl (C=O) groups is 2. The predicted molar refractivity (Wildman–Crippen MR) is 99.9 cm³/mol.